The number of aromatic nitrogens is 3. The van der Waals surface area contributed by atoms with Crippen LogP contribution < -0.4 is 5.56 Å². The van der Waals surface area contributed by atoms with E-state index < -0.39 is 0 Å². The van der Waals surface area contributed by atoms with Crippen molar-refractivity contribution < 1.29 is 0 Å². The summed E-state index contributed by atoms with van der Waals surface area (Å²) in [6, 6.07) is 12.3. The van der Waals surface area contributed by atoms with E-state index in [1.54, 1.807) is 12.4 Å². The van der Waals surface area contributed by atoms with Gasteiger partial charge in [0.05, 0.1) is 5.69 Å². The second-order valence-electron chi connectivity index (χ2n) is 6.53. The molecule has 0 saturated heterocycles. The summed E-state index contributed by atoms with van der Waals surface area (Å²) in [6.07, 6.45) is 4.15. The molecule has 0 spiro atoms. The van der Waals surface area contributed by atoms with Gasteiger partial charge < -0.3 is 4.98 Å². The van der Waals surface area contributed by atoms with Gasteiger partial charge in [-0.15, -0.1) is 0 Å². The number of rotatable bonds is 3. The lowest BCUT2D eigenvalue weighted by atomic mass is 10.0. The molecule has 1 aliphatic rings. The molecule has 0 unspecified atom stereocenters. The summed E-state index contributed by atoms with van der Waals surface area (Å²) in [6.45, 7) is 4.56. The first-order valence-electron chi connectivity index (χ1n) is 8.49. The van der Waals surface area contributed by atoms with E-state index in [1.807, 2.05) is 12.1 Å². The Labute approximate surface area is 146 Å². The van der Waals surface area contributed by atoms with Gasteiger partial charge in [-0.25, -0.2) is 4.98 Å². The zero-order valence-electron chi connectivity index (χ0n) is 14.2. The van der Waals surface area contributed by atoms with Crippen molar-refractivity contribution in [2.75, 3.05) is 6.54 Å². The monoisotopic (exact) mass is 332 g/mol. The van der Waals surface area contributed by atoms with Gasteiger partial charge in [0.1, 0.15) is 5.82 Å². The third-order valence-electron chi connectivity index (χ3n) is 4.59. The molecule has 0 saturated carbocycles. The van der Waals surface area contributed by atoms with Crippen LogP contribution in [0.4, 0.5) is 0 Å². The van der Waals surface area contributed by atoms with Gasteiger partial charge in [-0.05, 0) is 31.0 Å². The Balaban J connectivity index is 1.61. The maximum Gasteiger partial charge on any atom is 0.254 e. The molecule has 4 rings (SSSR count). The summed E-state index contributed by atoms with van der Waals surface area (Å²) in [5.41, 5.74) is 5.12. The highest BCUT2D eigenvalue weighted by atomic mass is 16.1. The lowest BCUT2D eigenvalue weighted by molar-refractivity contribution is 0.240. The van der Waals surface area contributed by atoms with Crippen molar-refractivity contribution in [1.82, 2.24) is 19.9 Å². The van der Waals surface area contributed by atoms with Gasteiger partial charge in [0, 0.05) is 43.2 Å². The van der Waals surface area contributed by atoms with Crippen LogP contribution in [0.1, 0.15) is 22.4 Å². The number of hydrogen-bond acceptors (Lipinski definition) is 4. The molecule has 0 radical (unpaired) electrons. The van der Waals surface area contributed by atoms with Crippen molar-refractivity contribution in [2.45, 2.75) is 26.4 Å². The molecule has 3 aromatic rings. The zero-order chi connectivity index (χ0) is 17.2. The Kier molecular flexibility index (Phi) is 4.15. The molecule has 5 heteroatoms. The third kappa shape index (κ3) is 3.37. The summed E-state index contributed by atoms with van der Waals surface area (Å²) in [7, 11) is 0. The minimum Gasteiger partial charge on any atom is -0.306 e. The van der Waals surface area contributed by atoms with Crippen molar-refractivity contribution in [3.63, 3.8) is 0 Å². The number of nitrogens with zero attached hydrogens (tertiary/aromatic N) is 3. The van der Waals surface area contributed by atoms with Crippen molar-refractivity contribution in [3.8, 4) is 11.4 Å². The lowest BCUT2D eigenvalue weighted by Crippen LogP contribution is -2.35. The van der Waals surface area contributed by atoms with Gasteiger partial charge >= 0.3 is 0 Å². The van der Waals surface area contributed by atoms with Gasteiger partial charge in [0.15, 0.2) is 0 Å². The molecule has 2 aromatic heterocycles. The number of aryl methyl sites for hydroxylation is 1. The van der Waals surface area contributed by atoms with Gasteiger partial charge in [0.2, 0.25) is 0 Å². The average Bonchev–Trinajstić information content (AvgIpc) is 2.62. The molecule has 1 N–H and O–H groups in total. The molecule has 126 valence electrons. The summed E-state index contributed by atoms with van der Waals surface area (Å²) in [5, 5.41) is 0. The van der Waals surface area contributed by atoms with E-state index in [-0.39, 0.29) is 5.56 Å². The maximum absolute atomic E-state index is 12.4. The minimum absolute atomic E-state index is 0.0213. The van der Waals surface area contributed by atoms with Gasteiger partial charge in [0.25, 0.3) is 5.56 Å². The quantitative estimate of drug-likeness (QED) is 0.801. The average molecular weight is 332 g/mol. The number of pyridine rings is 1. The molecular formula is C20H20N4O. The Hall–Kier alpha value is -2.79. The first kappa shape index (κ1) is 15.7. The highest BCUT2D eigenvalue weighted by molar-refractivity contribution is 5.54. The molecule has 0 fully saturated rings. The van der Waals surface area contributed by atoms with Gasteiger partial charge in [-0.2, -0.15) is 0 Å². The summed E-state index contributed by atoms with van der Waals surface area (Å²) < 4.78 is 0. The van der Waals surface area contributed by atoms with Gasteiger partial charge in [-0.3, -0.25) is 14.7 Å². The normalized spacial score (nSPS) is 14.3. The molecule has 0 atom stereocenters. The Morgan fingerprint density at radius 3 is 2.84 bits per heavy atom. The highest BCUT2D eigenvalue weighted by Crippen LogP contribution is 2.20. The molecule has 25 heavy (non-hydrogen) atoms. The Bertz CT molecular complexity index is 949. The van der Waals surface area contributed by atoms with Crippen LogP contribution in [0.2, 0.25) is 0 Å². The largest absolute Gasteiger partial charge is 0.306 e. The van der Waals surface area contributed by atoms with Crippen molar-refractivity contribution in [1.29, 1.82) is 0 Å². The first-order valence-corrected chi connectivity index (χ1v) is 8.49. The SMILES string of the molecule is Cc1cccc(CN2CCc3c(nc(-c4ccncc4)[nH]c3=O)C2)c1. The van der Waals surface area contributed by atoms with E-state index in [2.05, 4.69) is 46.1 Å². The molecule has 5 nitrogen and oxygen atoms in total. The summed E-state index contributed by atoms with van der Waals surface area (Å²) >= 11 is 0. The topological polar surface area (TPSA) is 61.9 Å². The number of nitrogens with one attached hydrogen (secondary N) is 1. The van der Waals surface area contributed by atoms with E-state index >= 15 is 0 Å². The van der Waals surface area contributed by atoms with Crippen LogP contribution in [0.15, 0.2) is 53.6 Å². The van der Waals surface area contributed by atoms with Crippen LogP contribution in [0.5, 0.6) is 0 Å². The molecule has 1 aromatic carbocycles. The van der Waals surface area contributed by atoms with Gasteiger partial charge in [-0.1, -0.05) is 29.8 Å². The lowest BCUT2D eigenvalue weighted by Gasteiger charge is -2.27. The second-order valence-corrected chi connectivity index (χ2v) is 6.53. The number of benzene rings is 1. The molecule has 1 aliphatic heterocycles. The van der Waals surface area contributed by atoms with Crippen LogP contribution in [0.25, 0.3) is 11.4 Å². The predicted molar refractivity (Wildman–Crippen MR) is 97.1 cm³/mol. The minimum atomic E-state index is -0.0213. The first-order chi connectivity index (χ1) is 12.2. The van der Waals surface area contributed by atoms with Crippen molar-refractivity contribution in [3.05, 3.63) is 81.5 Å². The van der Waals surface area contributed by atoms with E-state index in [0.29, 0.717) is 12.4 Å². The molecule has 3 heterocycles. The Morgan fingerprint density at radius 1 is 1.20 bits per heavy atom. The summed E-state index contributed by atoms with van der Waals surface area (Å²) in [5.74, 6) is 0.614. The fourth-order valence-corrected chi connectivity index (χ4v) is 3.34. The molecule has 0 bridgehead atoms. The highest BCUT2D eigenvalue weighted by Gasteiger charge is 2.21. The zero-order valence-corrected chi connectivity index (χ0v) is 14.2. The predicted octanol–water partition coefficient (Wildman–Crippen LogP) is 2.70. The number of fused-ring (bicyclic) bond motifs is 1. The van der Waals surface area contributed by atoms with Crippen molar-refractivity contribution in [2.24, 2.45) is 0 Å². The molecule has 0 aliphatic carbocycles. The van der Waals surface area contributed by atoms with Crippen LogP contribution in [-0.2, 0) is 19.5 Å². The van der Waals surface area contributed by atoms with Crippen LogP contribution in [-0.4, -0.2) is 26.4 Å². The summed E-state index contributed by atoms with van der Waals surface area (Å²) in [4.78, 5) is 26.4. The molecular weight excluding hydrogens is 312 g/mol. The van der Waals surface area contributed by atoms with E-state index in [1.165, 1.54) is 11.1 Å². The van der Waals surface area contributed by atoms with E-state index in [0.717, 1.165) is 36.3 Å². The molecule has 0 amide bonds. The van der Waals surface area contributed by atoms with Crippen LogP contribution in [0, 0.1) is 6.92 Å². The maximum atomic E-state index is 12.4. The smallest absolute Gasteiger partial charge is 0.254 e. The van der Waals surface area contributed by atoms with Crippen LogP contribution in [0.3, 0.4) is 0 Å². The van der Waals surface area contributed by atoms with Crippen LogP contribution >= 0.6 is 0 Å². The fraction of sp³-hybridized carbons (Fsp3) is 0.250. The third-order valence-corrected chi connectivity index (χ3v) is 4.59. The number of hydrogen-bond donors (Lipinski definition) is 1. The standard InChI is InChI=1S/C20H20N4O/c1-14-3-2-4-15(11-14)12-24-10-7-17-18(13-24)22-19(23-20(17)25)16-5-8-21-9-6-16/h2-6,8-9,11H,7,10,12-13H2,1H3,(H,22,23,25). The Morgan fingerprint density at radius 2 is 2.04 bits per heavy atom. The van der Waals surface area contributed by atoms with Crippen molar-refractivity contribution >= 4 is 0 Å². The number of aromatic amines is 1. The second kappa shape index (κ2) is 6.61. The number of H-pyrrole nitrogens is 1. The van der Waals surface area contributed by atoms with E-state index in [9.17, 15) is 4.79 Å². The van der Waals surface area contributed by atoms with E-state index in [4.69, 9.17) is 4.98 Å². The fourth-order valence-electron chi connectivity index (χ4n) is 3.34.